The van der Waals surface area contributed by atoms with Gasteiger partial charge in [0.15, 0.2) is 17.3 Å². The van der Waals surface area contributed by atoms with Crippen LogP contribution in [0.15, 0.2) is 59.2 Å². The predicted molar refractivity (Wildman–Crippen MR) is 138 cm³/mol. The zero-order valence-corrected chi connectivity index (χ0v) is 21.5. The first-order valence-electron chi connectivity index (χ1n) is 12.1. The minimum absolute atomic E-state index is 0.0356. The molecule has 1 aliphatic carbocycles. The van der Waals surface area contributed by atoms with E-state index in [0.29, 0.717) is 34.2 Å². The summed E-state index contributed by atoms with van der Waals surface area (Å²) >= 11 is 0. The van der Waals surface area contributed by atoms with Crippen molar-refractivity contribution in [2.45, 2.75) is 37.8 Å². The Balaban J connectivity index is 1.89. The maximum atomic E-state index is 14.0. The van der Waals surface area contributed by atoms with Gasteiger partial charge in [-0.05, 0) is 66.9 Å². The van der Waals surface area contributed by atoms with Crippen molar-refractivity contribution in [2.24, 2.45) is 0 Å². The van der Waals surface area contributed by atoms with Crippen molar-refractivity contribution in [3.05, 3.63) is 66.1 Å². The third-order valence-electron chi connectivity index (χ3n) is 6.51. The quantitative estimate of drug-likeness (QED) is 0.421. The lowest BCUT2D eigenvalue weighted by Crippen LogP contribution is -2.46. The van der Waals surface area contributed by atoms with Crippen molar-refractivity contribution in [3.8, 4) is 23.0 Å². The molecule has 196 valence electrons. The second-order valence-corrected chi connectivity index (χ2v) is 8.70. The maximum absolute atomic E-state index is 14.0. The predicted octanol–water partition coefficient (Wildman–Crippen LogP) is 4.76. The maximum Gasteiger partial charge on any atom is 0.294 e. The van der Waals surface area contributed by atoms with Gasteiger partial charge in [0.2, 0.25) is 11.7 Å². The molecular formula is C28H32N2O7. The molecule has 1 heterocycles. The van der Waals surface area contributed by atoms with Gasteiger partial charge in [-0.3, -0.25) is 14.5 Å². The summed E-state index contributed by atoms with van der Waals surface area (Å²) < 4.78 is 27.3. The van der Waals surface area contributed by atoms with Crippen LogP contribution in [0.1, 0.15) is 47.8 Å². The summed E-state index contributed by atoms with van der Waals surface area (Å²) in [7, 11) is 6.08. The summed E-state index contributed by atoms with van der Waals surface area (Å²) in [4.78, 5) is 29.3. The molecule has 9 nitrogen and oxygen atoms in total. The highest BCUT2D eigenvalue weighted by atomic mass is 16.5. The van der Waals surface area contributed by atoms with Crippen molar-refractivity contribution in [3.63, 3.8) is 0 Å². The monoisotopic (exact) mass is 508 g/mol. The van der Waals surface area contributed by atoms with E-state index in [-0.39, 0.29) is 17.7 Å². The fourth-order valence-corrected chi connectivity index (χ4v) is 4.67. The molecule has 0 spiro atoms. The van der Waals surface area contributed by atoms with Crippen LogP contribution in [0.5, 0.6) is 23.0 Å². The summed E-state index contributed by atoms with van der Waals surface area (Å²) in [6.45, 7) is 0. The van der Waals surface area contributed by atoms with E-state index in [4.69, 9.17) is 23.4 Å². The van der Waals surface area contributed by atoms with Gasteiger partial charge in [0, 0.05) is 11.7 Å². The summed E-state index contributed by atoms with van der Waals surface area (Å²) in [6, 6.07) is 12.5. The van der Waals surface area contributed by atoms with Gasteiger partial charge in [-0.15, -0.1) is 0 Å². The van der Waals surface area contributed by atoms with Crippen molar-refractivity contribution in [1.29, 1.82) is 0 Å². The molecule has 0 radical (unpaired) electrons. The first kappa shape index (κ1) is 25.9. The number of carbonyl (C=O) groups is 2. The fraction of sp³-hybridized carbons (Fsp3) is 0.357. The van der Waals surface area contributed by atoms with Crippen LogP contribution in [0, 0.1) is 0 Å². The number of hydrogen-bond donors (Lipinski definition) is 1. The van der Waals surface area contributed by atoms with E-state index >= 15 is 0 Å². The van der Waals surface area contributed by atoms with Gasteiger partial charge in [-0.2, -0.15) is 0 Å². The Morgan fingerprint density at radius 1 is 0.919 bits per heavy atom. The van der Waals surface area contributed by atoms with Crippen molar-refractivity contribution in [2.75, 3.05) is 33.3 Å². The van der Waals surface area contributed by atoms with Gasteiger partial charge in [0.05, 0.1) is 34.7 Å². The molecule has 0 saturated heterocycles. The second kappa shape index (κ2) is 11.7. The molecular weight excluding hydrogens is 476 g/mol. The van der Waals surface area contributed by atoms with Crippen LogP contribution >= 0.6 is 0 Å². The summed E-state index contributed by atoms with van der Waals surface area (Å²) in [5, 5.41) is 3.15. The molecule has 1 N–H and O–H groups in total. The Labute approximate surface area is 216 Å². The van der Waals surface area contributed by atoms with Crippen molar-refractivity contribution < 1.29 is 33.0 Å². The number of carbonyl (C=O) groups excluding carboxylic acids is 2. The van der Waals surface area contributed by atoms with Gasteiger partial charge in [0.1, 0.15) is 11.8 Å². The number of methoxy groups -OCH3 is 4. The van der Waals surface area contributed by atoms with Crippen molar-refractivity contribution in [1.82, 2.24) is 5.32 Å². The number of amides is 2. The number of benzene rings is 2. The topological polar surface area (TPSA) is 99.5 Å². The first-order valence-corrected chi connectivity index (χ1v) is 12.1. The SMILES string of the molecule is COc1ccc(N(C(=O)c2ccco2)[C@@H](C(=O)NC2CCCC2)c2cc(OC)c(OC)c(OC)c2)cc1. The van der Waals surface area contributed by atoms with Gasteiger partial charge in [0.25, 0.3) is 5.91 Å². The van der Waals surface area contributed by atoms with E-state index in [9.17, 15) is 9.59 Å². The molecule has 4 rings (SSSR count). The molecule has 0 aliphatic heterocycles. The van der Waals surface area contributed by atoms with E-state index < -0.39 is 11.9 Å². The normalized spacial score (nSPS) is 14.1. The lowest BCUT2D eigenvalue weighted by molar-refractivity contribution is -0.123. The van der Waals surface area contributed by atoms with E-state index in [1.807, 2.05) is 0 Å². The highest BCUT2D eigenvalue weighted by molar-refractivity contribution is 6.08. The minimum Gasteiger partial charge on any atom is -0.497 e. The third-order valence-corrected chi connectivity index (χ3v) is 6.51. The van der Waals surface area contributed by atoms with E-state index in [1.165, 1.54) is 32.5 Å². The van der Waals surface area contributed by atoms with Gasteiger partial charge < -0.3 is 28.7 Å². The van der Waals surface area contributed by atoms with Crippen LogP contribution in [-0.4, -0.2) is 46.3 Å². The zero-order chi connectivity index (χ0) is 26.4. The Bertz CT molecular complexity index is 1180. The molecule has 0 bridgehead atoms. The summed E-state index contributed by atoms with van der Waals surface area (Å²) in [6.07, 6.45) is 5.30. The molecule has 1 atom stereocenters. The molecule has 2 amide bonds. The molecule has 1 fully saturated rings. The Kier molecular flexibility index (Phi) is 8.22. The molecule has 37 heavy (non-hydrogen) atoms. The lowest BCUT2D eigenvalue weighted by atomic mass is 10.0. The number of ether oxygens (including phenoxy) is 4. The minimum atomic E-state index is -1.07. The molecule has 1 aromatic heterocycles. The average Bonchev–Trinajstić information content (AvgIpc) is 3.65. The lowest BCUT2D eigenvalue weighted by Gasteiger charge is -2.32. The van der Waals surface area contributed by atoms with Gasteiger partial charge >= 0.3 is 0 Å². The number of hydrogen-bond acceptors (Lipinski definition) is 7. The smallest absolute Gasteiger partial charge is 0.294 e. The third kappa shape index (κ3) is 5.50. The Hall–Kier alpha value is -4.14. The Morgan fingerprint density at radius 3 is 2.08 bits per heavy atom. The Morgan fingerprint density at radius 2 is 1.57 bits per heavy atom. The van der Waals surface area contributed by atoms with Crippen LogP contribution in [0.25, 0.3) is 0 Å². The highest BCUT2D eigenvalue weighted by Gasteiger charge is 2.37. The van der Waals surface area contributed by atoms with Gasteiger partial charge in [-0.1, -0.05) is 12.8 Å². The second-order valence-electron chi connectivity index (χ2n) is 8.70. The highest BCUT2D eigenvalue weighted by Crippen LogP contribution is 2.42. The van der Waals surface area contributed by atoms with E-state index in [2.05, 4.69) is 5.32 Å². The van der Waals surface area contributed by atoms with Crippen LogP contribution in [0.4, 0.5) is 5.69 Å². The molecule has 3 aromatic rings. The average molecular weight is 509 g/mol. The summed E-state index contributed by atoms with van der Waals surface area (Å²) in [5.74, 6) is 1.05. The van der Waals surface area contributed by atoms with E-state index in [1.54, 1.807) is 55.6 Å². The number of rotatable bonds is 10. The number of furan rings is 1. The molecule has 9 heteroatoms. The molecule has 2 aromatic carbocycles. The fourth-order valence-electron chi connectivity index (χ4n) is 4.67. The van der Waals surface area contributed by atoms with Crippen LogP contribution in [0.3, 0.4) is 0 Å². The van der Waals surface area contributed by atoms with Crippen LogP contribution < -0.4 is 29.2 Å². The number of anilines is 1. The number of nitrogens with zero attached hydrogens (tertiary/aromatic N) is 1. The molecule has 0 unspecified atom stereocenters. The van der Waals surface area contributed by atoms with Crippen LogP contribution in [0.2, 0.25) is 0 Å². The van der Waals surface area contributed by atoms with Crippen LogP contribution in [-0.2, 0) is 4.79 Å². The number of nitrogens with one attached hydrogen (secondary N) is 1. The standard InChI is InChI=1S/C28H32N2O7/c1-33-21-13-11-20(12-14-21)30(28(32)22-10-7-15-37-22)25(27(31)29-19-8-5-6-9-19)18-16-23(34-2)26(36-4)24(17-18)35-3/h7,10-17,19,25H,5-6,8-9H2,1-4H3,(H,29,31)/t25-/m1/s1. The zero-order valence-electron chi connectivity index (χ0n) is 21.5. The largest absolute Gasteiger partial charge is 0.497 e. The first-order chi connectivity index (χ1) is 18.0. The molecule has 1 aliphatic rings. The van der Waals surface area contributed by atoms with Crippen molar-refractivity contribution >= 4 is 17.5 Å². The summed E-state index contributed by atoms with van der Waals surface area (Å²) in [5.41, 5.74) is 0.975. The molecule has 1 saturated carbocycles. The van der Waals surface area contributed by atoms with E-state index in [0.717, 1.165) is 25.7 Å². The van der Waals surface area contributed by atoms with Gasteiger partial charge in [-0.25, -0.2) is 0 Å².